The van der Waals surface area contributed by atoms with Gasteiger partial charge in [0.1, 0.15) is 11.6 Å². The van der Waals surface area contributed by atoms with Crippen LogP contribution in [-0.4, -0.2) is 44.8 Å². The van der Waals surface area contributed by atoms with Crippen LogP contribution >= 0.6 is 0 Å². The van der Waals surface area contributed by atoms with Crippen molar-refractivity contribution in [3.8, 4) is 11.1 Å². The summed E-state index contributed by atoms with van der Waals surface area (Å²) in [4.78, 5) is 36.6. The minimum atomic E-state index is -5.08. The van der Waals surface area contributed by atoms with E-state index in [0.29, 0.717) is 5.56 Å². The number of pyridine rings is 1. The van der Waals surface area contributed by atoms with Crippen molar-refractivity contribution in [2.75, 3.05) is 0 Å². The number of amides is 3. The fourth-order valence-electron chi connectivity index (χ4n) is 3.20. The van der Waals surface area contributed by atoms with Gasteiger partial charge in [0.2, 0.25) is 0 Å². The molecule has 0 radical (unpaired) electrons. The zero-order valence-electron chi connectivity index (χ0n) is 17.1. The second-order valence-corrected chi connectivity index (χ2v) is 7.35. The van der Waals surface area contributed by atoms with Gasteiger partial charge in [-0.25, -0.2) is 9.59 Å². The second kappa shape index (κ2) is 8.87. The lowest BCUT2D eigenvalue weighted by molar-refractivity contribution is -0.192. The van der Waals surface area contributed by atoms with Gasteiger partial charge in [0.15, 0.2) is 0 Å². The SMILES string of the molecule is C[C@]1([C@H](O)c2ccc(-c3ccc4ncccc4c3)cc2)NC(=O)NC1=O.O=C(O)C(F)(F)F. The lowest BCUT2D eigenvalue weighted by atomic mass is 9.88. The molecule has 0 bridgehead atoms. The number of nitrogens with one attached hydrogen (secondary N) is 2. The molecule has 3 aromatic rings. The number of alkyl halides is 3. The molecule has 0 aliphatic carbocycles. The lowest BCUT2D eigenvalue weighted by Gasteiger charge is -2.27. The average Bonchev–Trinajstić information content (AvgIpc) is 3.05. The summed E-state index contributed by atoms with van der Waals surface area (Å²) in [6, 6.07) is 16.6. The molecule has 172 valence electrons. The molecule has 8 nitrogen and oxygen atoms in total. The minimum Gasteiger partial charge on any atom is -0.475 e. The number of carboxylic acids is 1. The number of carboxylic acid groups (broad SMARTS) is 1. The molecule has 2 aromatic carbocycles. The highest BCUT2D eigenvalue weighted by molar-refractivity contribution is 6.07. The highest BCUT2D eigenvalue weighted by Gasteiger charge is 2.48. The number of carbonyl (C=O) groups is 3. The maximum atomic E-state index is 12.0. The number of halogens is 3. The molecular weight excluding hydrogens is 443 g/mol. The van der Waals surface area contributed by atoms with E-state index >= 15 is 0 Å². The Hall–Kier alpha value is -3.99. The summed E-state index contributed by atoms with van der Waals surface area (Å²) in [6.07, 6.45) is -4.47. The van der Waals surface area contributed by atoms with Crippen molar-refractivity contribution in [2.24, 2.45) is 0 Å². The Kier molecular flexibility index (Phi) is 6.36. The van der Waals surface area contributed by atoms with E-state index in [1.165, 1.54) is 6.92 Å². The van der Waals surface area contributed by atoms with Crippen LogP contribution in [0.15, 0.2) is 60.8 Å². The molecule has 0 saturated carbocycles. The first-order valence-corrected chi connectivity index (χ1v) is 9.49. The maximum Gasteiger partial charge on any atom is 0.490 e. The number of imide groups is 1. The van der Waals surface area contributed by atoms with E-state index in [2.05, 4.69) is 21.7 Å². The number of aliphatic hydroxyl groups is 1. The van der Waals surface area contributed by atoms with Gasteiger partial charge in [0.25, 0.3) is 5.91 Å². The Morgan fingerprint density at radius 2 is 1.67 bits per heavy atom. The molecular formula is C22H18F3N3O5. The molecule has 2 atom stereocenters. The van der Waals surface area contributed by atoms with Crippen molar-refractivity contribution in [3.05, 3.63) is 66.4 Å². The fourth-order valence-corrected chi connectivity index (χ4v) is 3.20. The molecule has 3 amide bonds. The maximum absolute atomic E-state index is 12.0. The molecule has 2 heterocycles. The number of carbonyl (C=O) groups excluding carboxylic acids is 2. The average molecular weight is 461 g/mol. The summed E-state index contributed by atoms with van der Waals surface area (Å²) in [5.74, 6) is -3.30. The number of hydrogen-bond acceptors (Lipinski definition) is 5. The first kappa shape index (κ1) is 23.7. The molecule has 33 heavy (non-hydrogen) atoms. The highest BCUT2D eigenvalue weighted by Crippen LogP contribution is 2.30. The number of hydrogen-bond donors (Lipinski definition) is 4. The van der Waals surface area contributed by atoms with Crippen molar-refractivity contribution < 1.29 is 37.8 Å². The van der Waals surface area contributed by atoms with Gasteiger partial charge in [-0.1, -0.05) is 36.4 Å². The summed E-state index contributed by atoms with van der Waals surface area (Å²) in [7, 11) is 0. The van der Waals surface area contributed by atoms with Crippen molar-refractivity contribution >= 4 is 28.8 Å². The van der Waals surface area contributed by atoms with Gasteiger partial charge in [-0.2, -0.15) is 13.2 Å². The first-order chi connectivity index (χ1) is 15.4. The molecule has 0 unspecified atom stereocenters. The number of aliphatic carboxylic acids is 1. The standard InChI is InChI=1S/C20H17N3O3.C2HF3O2/c1-20(18(25)22-19(26)23-20)17(24)13-6-4-12(5-7-13)14-8-9-16-15(11-14)3-2-10-21-16;3-2(4,5)1(6)7/h2-11,17,24H,1H3,(H2,22,23,25,26);(H,6,7)/t17-,20-;/m1./s1. The third-order valence-corrected chi connectivity index (χ3v) is 5.02. The van der Waals surface area contributed by atoms with Crippen molar-refractivity contribution in [1.82, 2.24) is 15.6 Å². The van der Waals surface area contributed by atoms with Crippen LogP contribution in [0.1, 0.15) is 18.6 Å². The van der Waals surface area contributed by atoms with Crippen molar-refractivity contribution in [2.45, 2.75) is 24.7 Å². The summed E-state index contributed by atoms with van der Waals surface area (Å²) in [5.41, 5.74) is 2.12. The minimum absolute atomic E-state index is 0.541. The van der Waals surface area contributed by atoms with Crippen LogP contribution < -0.4 is 10.6 Å². The monoisotopic (exact) mass is 461 g/mol. The van der Waals surface area contributed by atoms with Crippen LogP contribution in [0.25, 0.3) is 22.0 Å². The first-order valence-electron chi connectivity index (χ1n) is 9.49. The topological polar surface area (TPSA) is 129 Å². The Bertz CT molecular complexity index is 1210. The molecule has 4 N–H and O–H groups in total. The highest BCUT2D eigenvalue weighted by atomic mass is 19.4. The van der Waals surface area contributed by atoms with Gasteiger partial charge < -0.3 is 15.5 Å². The number of aromatic nitrogens is 1. The van der Waals surface area contributed by atoms with E-state index < -0.39 is 35.7 Å². The number of fused-ring (bicyclic) bond motifs is 1. The molecule has 0 spiro atoms. The van der Waals surface area contributed by atoms with Crippen LogP contribution in [0.3, 0.4) is 0 Å². The predicted molar refractivity (Wildman–Crippen MR) is 111 cm³/mol. The Balaban J connectivity index is 0.000000383. The van der Waals surface area contributed by atoms with E-state index in [1.54, 1.807) is 18.3 Å². The number of rotatable bonds is 3. The van der Waals surface area contributed by atoms with Gasteiger partial charge >= 0.3 is 18.2 Å². The Morgan fingerprint density at radius 1 is 1.06 bits per heavy atom. The number of aliphatic hydroxyl groups excluding tert-OH is 1. The smallest absolute Gasteiger partial charge is 0.475 e. The zero-order chi connectivity index (χ0) is 24.4. The summed E-state index contributed by atoms with van der Waals surface area (Å²) in [5, 5.41) is 23.4. The van der Waals surface area contributed by atoms with Gasteiger partial charge in [0.05, 0.1) is 5.52 Å². The number of urea groups is 1. The van der Waals surface area contributed by atoms with E-state index in [-0.39, 0.29) is 0 Å². The van der Waals surface area contributed by atoms with Gasteiger partial charge in [0, 0.05) is 11.6 Å². The second-order valence-electron chi connectivity index (χ2n) is 7.35. The number of nitrogens with zero attached hydrogens (tertiary/aromatic N) is 1. The van der Waals surface area contributed by atoms with Crippen LogP contribution in [0, 0.1) is 0 Å². The lowest BCUT2D eigenvalue weighted by Crippen LogP contribution is -2.49. The van der Waals surface area contributed by atoms with Crippen LogP contribution in [0.5, 0.6) is 0 Å². The number of benzene rings is 2. The van der Waals surface area contributed by atoms with Gasteiger partial charge in [-0.15, -0.1) is 0 Å². The van der Waals surface area contributed by atoms with E-state index in [9.17, 15) is 27.9 Å². The van der Waals surface area contributed by atoms with Crippen LogP contribution in [-0.2, 0) is 9.59 Å². The summed E-state index contributed by atoms with van der Waals surface area (Å²) < 4.78 is 31.7. The molecule has 1 fully saturated rings. The Morgan fingerprint density at radius 3 is 2.21 bits per heavy atom. The predicted octanol–water partition coefficient (Wildman–Crippen LogP) is 3.17. The Labute approximate surface area is 185 Å². The van der Waals surface area contributed by atoms with Crippen LogP contribution in [0.2, 0.25) is 0 Å². The molecule has 11 heteroatoms. The molecule has 1 aliphatic heterocycles. The van der Waals surface area contributed by atoms with Crippen molar-refractivity contribution in [3.63, 3.8) is 0 Å². The van der Waals surface area contributed by atoms with Gasteiger partial charge in [-0.05, 0) is 41.8 Å². The molecule has 1 aromatic heterocycles. The van der Waals surface area contributed by atoms with E-state index in [4.69, 9.17) is 9.90 Å². The van der Waals surface area contributed by atoms with E-state index in [0.717, 1.165) is 22.0 Å². The summed E-state index contributed by atoms with van der Waals surface area (Å²) in [6.45, 7) is 1.50. The largest absolute Gasteiger partial charge is 0.490 e. The van der Waals surface area contributed by atoms with Crippen molar-refractivity contribution in [1.29, 1.82) is 0 Å². The third-order valence-electron chi connectivity index (χ3n) is 5.02. The fraction of sp³-hybridized carbons (Fsp3) is 0.182. The normalized spacial score (nSPS) is 18.7. The molecule has 1 saturated heterocycles. The third kappa shape index (κ3) is 5.09. The molecule has 4 rings (SSSR count). The quantitative estimate of drug-likeness (QED) is 0.444. The molecule has 1 aliphatic rings. The van der Waals surface area contributed by atoms with Crippen LogP contribution in [0.4, 0.5) is 18.0 Å². The van der Waals surface area contributed by atoms with Gasteiger partial charge in [-0.3, -0.25) is 15.1 Å². The zero-order valence-corrected chi connectivity index (χ0v) is 17.1. The summed E-state index contributed by atoms with van der Waals surface area (Å²) >= 11 is 0. The van der Waals surface area contributed by atoms with E-state index in [1.807, 2.05) is 36.4 Å².